The van der Waals surface area contributed by atoms with E-state index in [2.05, 4.69) is 9.98 Å². The zero-order valence-electron chi connectivity index (χ0n) is 16.9. The second-order valence-electron chi connectivity index (χ2n) is 6.44. The van der Waals surface area contributed by atoms with Crippen LogP contribution in [0.25, 0.3) is 0 Å². The number of aromatic nitrogens is 1. The van der Waals surface area contributed by atoms with Crippen molar-refractivity contribution in [2.75, 3.05) is 7.11 Å². The number of aromatic carboxylic acids is 1. The Morgan fingerprint density at radius 1 is 1.19 bits per heavy atom. The van der Waals surface area contributed by atoms with E-state index in [0.717, 1.165) is 6.20 Å². The number of carboxylic acids is 1. The Kier molecular flexibility index (Phi) is 6.38. The highest BCUT2D eigenvalue weighted by atomic mass is 16.5. The molecule has 0 unspecified atom stereocenters. The number of aliphatic imine (C=N–C) groups is 1. The zero-order chi connectivity index (χ0) is 22.4. The Morgan fingerprint density at radius 2 is 1.90 bits per heavy atom. The number of ether oxygens (including phenoxy) is 2. The molecule has 0 aliphatic heterocycles. The van der Waals surface area contributed by atoms with Crippen LogP contribution in [0.1, 0.15) is 21.6 Å². The molecule has 0 saturated heterocycles. The minimum atomic E-state index is -1.08. The Labute approximate surface area is 178 Å². The molecular weight excluding hydrogens is 396 g/mol. The molecule has 1 heterocycles. The van der Waals surface area contributed by atoms with Crippen molar-refractivity contribution >= 4 is 17.4 Å². The number of hydrogen-bond donors (Lipinski definition) is 3. The van der Waals surface area contributed by atoms with Gasteiger partial charge in [-0.1, -0.05) is 6.07 Å². The predicted molar refractivity (Wildman–Crippen MR) is 116 cm³/mol. The third kappa shape index (κ3) is 4.74. The highest BCUT2D eigenvalue weighted by Gasteiger charge is 2.19. The van der Waals surface area contributed by atoms with E-state index in [-0.39, 0.29) is 16.8 Å². The van der Waals surface area contributed by atoms with Gasteiger partial charge < -0.3 is 25.3 Å². The Bertz CT molecular complexity index is 1200. The Hall–Kier alpha value is -4.51. The second-order valence-corrected chi connectivity index (χ2v) is 6.44. The number of methoxy groups -OCH3 is 1. The molecule has 3 aromatic rings. The van der Waals surface area contributed by atoms with Gasteiger partial charge in [0, 0.05) is 18.5 Å². The molecule has 0 amide bonds. The number of rotatable bonds is 7. The fraction of sp³-hybridized carbons (Fsp3) is 0.0870. The standard InChI is InChI=1S/C23H20N4O4/c1-14-20(23(28)29)13-26-21(14)22(15(11-24)12-25)27-16-6-8-17(9-7-16)31-19-5-3-4-18(10-19)30-2/h3-11,13,26H,24H2,1-2H3,(H,28,29). The molecule has 0 aliphatic carbocycles. The van der Waals surface area contributed by atoms with E-state index in [1.807, 2.05) is 24.3 Å². The van der Waals surface area contributed by atoms with Crippen molar-refractivity contribution in [2.24, 2.45) is 10.7 Å². The van der Waals surface area contributed by atoms with Crippen LogP contribution in [0, 0.1) is 18.3 Å². The third-order valence-electron chi connectivity index (χ3n) is 4.50. The molecule has 0 fully saturated rings. The van der Waals surface area contributed by atoms with Gasteiger partial charge in [-0.3, -0.25) is 0 Å². The predicted octanol–water partition coefficient (Wildman–Crippen LogP) is 4.31. The second kappa shape index (κ2) is 9.33. The van der Waals surface area contributed by atoms with Gasteiger partial charge in [0.1, 0.15) is 29.0 Å². The first-order valence-electron chi connectivity index (χ1n) is 9.21. The lowest BCUT2D eigenvalue weighted by Gasteiger charge is -2.08. The maximum atomic E-state index is 11.4. The van der Waals surface area contributed by atoms with Crippen LogP contribution in [0.4, 0.5) is 5.69 Å². The van der Waals surface area contributed by atoms with Crippen LogP contribution in [0.15, 0.2) is 71.5 Å². The number of benzene rings is 2. The van der Waals surface area contributed by atoms with E-state index < -0.39 is 5.97 Å². The number of aromatic amines is 1. The highest BCUT2D eigenvalue weighted by molar-refractivity contribution is 6.16. The first kappa shape index (κ1) is 21.2. The molecular formula is C23H20N4O4. The minimum absolute atomic E-state index is 0.0963. The van der Waals surface area contributed by atoms with Crippen molar-refractivity contribution in [1.29, 1.82) is 5.26 Å². The zero-order valence-corrected chi connectivity index (χ0v) is 16.9. The largest absolute Gasteiger partial charge is 0.497 e. The first-order valence-corrected chi connectivity index (χ1v) is 9.21. The lowest BCUT2D eigenvalue weighted by molar-refractivity contribution is 0.0696. The van der Waals surface area contributed by atoms with E-state index in [1.165, 1.54) is 6.20 Å². The highest BCUT2D eigenvalue weighted by Crippen LogP contribution is 2.28. The van der Waals surface area contributed by atoms with Crippen LogP contribution in [-0.2, 0) is 0 Å². The molecule has 0 bridgehead atoms. The van der Waals surface area contributed by atoms with Gasteiger partial charge in [0.25, 0.3) is 0 Å². The number of carbonyl (C=O) groups is 1. The fourth-order valence-corrected chi connectivity index (χ4v) is 2.90. The van der Waals surface area contributed by atoms with E-state index in [9.17, 15) is 15.2 Å². The van der Waals surface area contributed by atoms with E-state index in [0.29, 0.717) is 34.2 Å². The maximum Gasteiger partial charge on any atom is 0.337 e. The summed E-state index contributed by atoms with van der Waals surface area (Å²) in [6.45, 7) is 1.64. The third-order valence-corrected chi connectivity index (χ3v) is 4.50. The molecule has 4 N–H and O–H groups in total. The van der Waals surface area contributed by atoms with Gasteiger partial charge >= 0.3 is 5.97 Å². The lowest BCUT2D eigenvalue weighted by atomic mass is 10.0. The number of nitrogens with one attached hydrogen (secondary N) is 1. The quantitative estimate of drug-likeness (QED) is 0.388. The van der Waals surface area contributed by atoms with Crippen LogP contribution in [0.5, 0.6) is 17.2 Å². The summed E-state index contributed by atoms with van der Waals surface area (Å²) in [5.74, 6) is 0.821. The Balaban J connectivity index is 1.94. The van der Waals surface area contributed by atoms with Crippen molar-refractivity contribution in [3.8, 4) is 23.3 Å². The summed E-state index contributed by atoms with van der Waals surface area (Å²) >= 11 is 0. The summed E-state index contributed by atoms with van der Waals surface area (Å²) < 4.78 is 11.0. The number of nitriles is 1. The van der Waals surface area contributed by atoms with E-state index in [1.54, 1.807) is 44.4 Å². The normalized spacial score (nSPS) is 11.6. The van der Waals surface area contributed by atoms with Crippen molar-refractivity contribution in [2.45, 2.75) is 6.92 Å². The van der Waals surface area contributed by atoms with Gasteiger partial charge in [-0.05, 0) is 48.9 Å². The molecule has 3 rings (SSSR count). The molecule has 0 atom stereocenters. The van der Waals surface area contributed by atoms with Crippen molar-refractivity contribution < 1.29 is 19.4 Å². The lowest BCUT2D eigenvalue weighted by Crippen LogP contribution is -2.08. The molecule has 1 aromatic heterocycles. The molecule has 156 valence electrons. The summed E-state index contributed by atoms with van der Waals surface area (Å²) in [5.41, 5.74) is 7.46. The summed E-state index contributed by atoms with van der Waals surface area (Å²) in [6.07, 6.45) is 2.50. The topological polar surface area (TPSA) is 134 Å². The number of carboxylic acid groups (broad SMARTS) is 1. The molecule has 0 aliphatic rings. The molecule has 8 heteroatoms. The fourth-order valence-electron chi connectivity index (χ4n) is 2.90. The number of H-pyrrole nitrogens is 1. The van der Waals surface area contributed by atoms with Crippen LogP contribution >= 0.6 is 0 Å². The van der Waals surface area contributed by atoms with Crippen LogP contribution in [-0.4, -0.2) is 28.9 Å². The van der Waals surface area contributed by atoms with Crippen LogP contribution in [0.3, 0.4) is 0 Å². The summed E-state index contributed by atoms with van der Waals surface area (Å²) in [7, 11) is 1.58. The molecule has 31 heavy (non-hydrogen) atoms. The summed E-state index contributed by atoms with van der Waals surface area (Å²) in [6, 6.07) is 16.1. The Morgan fingerprint density at radius 3 is 2.48 bits per heavy atom. The van der Waals surface area contributed by atoms with Crippen LogP contribution in [0.2, 0.25) is 0 Å². The molecule has 0 saturated carbocycles. The van der Waals surface area contributed by atoms with E-state index >= 15 is 0 Å². The van der Waals surface area contributed by atoms with Gasteiger partial charge in [0.05, 0.1) is 29.6 Å². The average Bonchev–Trinajstić information content (AvgIpc) is 3.16. The summed E-state index contributed by atoms with van der Waals surface area (Å²) in [5, 5.41) is 18.8. The molecule has 8 nitrogen and oxygen atoms in total. The van der Waals surface area contributed by atoms with Gasteiger partial charge in [0.2, 0.25) is 0 Å². The van der Waals surface area contributed by atoms with Gasteiger partial charge in [-0.25, -0.2) is 9.79 Å². The van der Waals surface area contributed by atoms with Crippen molar-refractivity contribution in [3.05, 3.63) is 83.3 Å². The number of allylic oxidation sites excluding steroid dienone is 1. The van der Waals surface area contributed by atoms with Gasteiger partial charge in [0.15, 0.2) is 0 Å². The number of nitrogens with zero attached hydrogens (tertiary/aromatic N) is 2. The van der Waals surface area contributed by atoms with Crippen LogP contribution < -0.4 is 15.2 Å². The number of hydrogen-bond acceptors (Lipinski definition) is 6. The monoisotopic (exact) mass is 416 g/mol. The SMILES string of the molecule is COc1cccc(Oc2ccc(N=C(C(C#N)=CN)c3[nH]cc(C(=O)O)c3C)cc2)c1. The molecule has 0 spiro atoms. The smallest absolute Gasteiger partial charge is 0.337 e. The molecule has 0 radical (unpaired) electrons. The van der Waals surface area contributed by atoms with Gasteiger partial charge in [-0.2, -0.15) is 5.26 Å². The average molecular weight is 416 g/mol. The minimum Gasteiger partial charge on any atom is -0.497 e. The first-order chi connectivity index (χ1) is 15.0. The number of nitrogens with two attached hydrogens (primary N) is 1. The van der Waals surface area contributed by atoms with Gasteiger partial charge in [-0.15, -0.1) is 0 Å². The maximum absolute atomic E-state index is 11.4. The summed E-state index contributed by atoms with van der Waals surface area (Å²) in [4.78, 5) is 18.8. The van der Waals surface area contributed by atoms with E-state index in [4.69, 9.17) is 15.2 Å². The van der Waals surface area contributed by atoms with Crippen molar-refractivity contribution in [1.82, 2.24) is 4.98 Å². The molecule has 2 aromatic carbocycles. The van der Waals surface area contributed by atoms with Crippen molar-refractivity contribution in [3.63, 3.8) is 0 Å².